The summed E-state index contributed by atoms with van der Waals surface area (Å²) in [6, 6.07) is 0. The van der Waals surface area contributed by atoms with Gasteiger partial charge in [0.05, 0.1) is 24.0 Å². The van der Waals surface area contributed by atoms with Crippen molar-refractivity contribution in [3.8, 4) is 0 Å². The Balaban J connectivity index is 3.36. The van der Waals surface area contributed by atoms with E-state index in [1.807, 2.05) is 27.7 Å². The molecule has 0 aromatic heterocycles. The van der Waals surface area contributed by atoms with E-state index in [0.29, 0.717) is 36.3 Å². The van der Waals surface area contributed by atoms with Crippen LogP contribution in [0.25, 0.3) is 0 Å². The monoisotopic (exact) mass is 281 g/mol. The molecule has 0 aliphatic heterocycles. The summed E-state index contributed by atoms with van der Waals surface area (Å²) >= 11 is 0. The molecule has 5 heteroatoms. The molecule has 0 radical (unpaired) electrons. The molecule has 5 nitrogen and oxygen atoms in total. The Morgan fingerprint density at radius 3 is 2.45 bits per heavy atom. The topological polar surface area (TPSA) is 65.0 Å². The van der Waals surface area contributed by atoms with Gasteiger partial charge >= 0.3 is 5.97 Å². The van der Waals surface area contributed by atoms with Crippen LogP contribution < -0.4 is 0 Å². The van der Waals surface area contributed by atoms with Crippen LogP contribution >= 0.6 is 0 Å². The van der Waals surface area contributed by atoms with E-state index in [1.165, 1.54) is 7.11 Å². The Labute approximate surface area is 120 Å². The fourth-order valence-electron chi connectivity index (χ4n) is 2.43. The van der Waals surface area contributed by atoms with E-state index in [1.54, 1.807) is 0 Å². The lowest BCUT2D eigenvalue weighted by Gasteiger charge is -2.19. The lowest BCUT2D eigenvalue weighted by molar-refractivity contribution is -0.137. The van der Waals surface area contributed by atoms with Gasteiger partial charge in [-0.2, -0.15) is 0 Å². The second-order valence-electron chi connectivity index (χ2n) is 5.43. The molecule has 0 saturated carbocycles. The van der Waals surface area contributed by atoms with Crippen LogP contribution in [0.4, 0.5) is 0 Å². The fraction of sp³-hybridized carbons (Fsp3) is 0.667. The number of ketones is 1. The Morgan fingerprint density at radius 2 is 1.95 bits per heavy atom. The number of hydrogen-bond acceptors (Lipinski definition) is 5. The molecular formula is C15H23NO4. The van der Waals surface area contributed by atoms with Crippen molar-refractivity contribution in [2.24, 2.45) is 10.6 Å². The summed E-state index contributed by atoms with van der Waals surface area (Å²) in [6.07, 6.45) is 1.61. The van der Waals surface area contributed by atoms with Gasteiger partial charge in [0.15, 0.2) is 5.78 Å². The van der Waals surface area contributed by atoms with Crippen LogP contribution in [0.1, 0.15) is 47.0 Å². The number of Topliss-reactive ketones (excluding diaryl/α,β-unsaturated/α-hetero) is 1. The van der Waals surface area contributed by atoms with Crippen molar-refractivity contribution in [3.63, 3.8) is 0 Å². The average Bonchev–Trinajstić information content (AvgIpc) is 2.66. The van der Waals surface area contributed by atoms with Crippen molar-refractivity contribution in [2.45, 2.75) is 47.0 Å². The summed E-state index contributed by atoms with van der Waals surface area (Å²) in [5, 5.41) is 4.02. The fourth-order valence-corrected chi connectivity index (χ4v) is 2.43. The van der Waals surface area contributed by atoms with Gasteiger partial charge < -0.3 is 9.57 Å². The van der Waals surface area contributed by atoms with Gasteiger partial charge in [-0.05, 0) is 13.3 Å². The average molecular weight is 281 g/mol. The highest BCUT2D eigenvalue weighted by molar-refractivity contribution is 6.28. The van der Waals surface area contributed by atoms with Crippen molar-refractivity contribution in [2.75, 3.05) is 13.7 Å². The lowest BCUT2D eigenvalue weighted by atomic mass is 9.85. The summed E-state index contributed by atoms with van der Waals surface area (Å²) < 4.78 is 4.84. The smallest absolute Gasteiger partial charge is 0.335 e. The molecule has 0 fully saturated rings. The van der Waals surface area contributed by atoms with Gasteiger partial charge in [0, 0.05) is 18.3 Å². The SMILES string of the molecule is CCCC(=O)C1=C(C(=O)OC)C(C)(C)C/C1=N/OCC. The second kappa shape index (κ2) is 6.68. The molecule has 112 valence electrons. The molecule has 0 unspecified atom stereocenters. The summed E-state index contributed by atoms with van der Waals surface area (Å²) in [6.45, 7) is 7.99. The van der Waals surface area contributed by atoms with Gasteiger partial charge in [-0.25, -0.2) is 4.79 Å². The Hall–Kier alpha value is -1.65. The molecule has 0 spiro atoms. The Kier molecular flexibility index (Phi) is 5.48. The third-order valence-corrected chi connectivity index (χ3v) is 3.27. The number of oxime groups is 1. The first-order valence-corrected chi connectivity index (χ1v) is 6.94. The van der Waals surface area contributed by atoms with Gasteiger partial charge in [-0.3, -0.25) is 4.79 Å². The quantitative estimate of drug-likeness (QED) is 0.554. The summed E-state index contributed by atoms with van der Waals surface area (Å²) in [5.74, 6) is -0.534. The molecular weight excluding hydrogens is 258 g/mol. The van der Waals surface area contributed by atoms with Crippen LogP contribution in [0.5, 0.6) is 0 Å². The molecule has 0 aromatic rings. The highest BCUT2D eigenvalue weighted by atomic mass is 16.6. The molecule has 0 amide bonds. The number of nitrogens with zero attached hydrogens (tertiary/aromatic N) is 1. The maximum atomic E-state index is 12.3. The summed E-state index contributed by atoms with van der Waals surface area (Å²) in [7, 11) is 1.32. The van der Waals surface area contributed by atoms with Crippen molar-refractivity contribution in [1.29, 1.82) is 0 Å². The number of esters is 1. The summed E-state index contributed by atoms with van der Waals surface area (Å²) in [4.78, 5) is 29.5. The Morgan fingerprint density at radius 1 is 1.30 bits per heavy atom. The van der Waals surface area contributed by atoms with Gasteiger partial charge in [0.2, 0.25) is 0 Å². The van der Waals surface area contributed by atoms with Gasteiger partial charge in [0.1, 0.15) is 6.61 Å². The predicted molar refractivity (Wildman–Crippen MR) is 76.4 cm³/mol. The van der Waals surface area contributed by atoms with Crippen molar-refractivity contribution >= 4 is 17.5 Å². The van der Waals surface area contributed by atoms with E-state index in [0.717, 1.165) is 6.42 Å². The lowest BCUT2D eigenvalue weighted by Crippen LogP contribution is -2.20. The molecule has 1 aliphatic rings. The number of rotatable bonds is 6. The third-order valence-electron chi connectivity index (χ3n) is 3.27. The number of methoxy groups -OCH3 is 1. The van der Waals surface area contributed by atoms with Crippen LogP contribution in [-0.4, -0.2) is 31.2 Å². The second-order valence-corrected chi connectivity index (χ2v) is 5.43. The molecule has 0 heterocycles. The first kappa shape index (κ1) is 16.4. The minimum absolute atomic E-state index is 0.0723. The largest absolute Gasteiger partial charge is 0.466 e. The van der Waals surface area contributed by atoms with E-state index >= 15 is 0 Å². The zero-order chi connectivity index (χ0) is 15.3. The van der Waals surface area contributed by atoms with Gasteiger partial charge in [-0.1, -0.05) is 25.9 Å². The highest BCUT2D eigenvalue weighted by Crippen LogP contribution is 2.42. The molecule has 1 rings (SSSR count). The molecule has 20 heavy (non-hydrogen) atoms. The predicted octanol–water partition coefficient (Wildman–Crippen LogP) is 2.65. The molecule has 0 N–H and O–H groups in total. The van der Waals surface area contributed by atoms with Crippen LogP contribution in [0.3, 0.4) is 0 Å². The molecule has 0 aromatic carbocycles. The molecule has 0 atom stereocenters. The first-order valence-electron chi connectivity index (χ1n) is 6.94. The standard InChI is InChI=1S/C15H23NO4/c1-6-8-11(17)12-10(16-20-7-2)9-15(3,4)13(12)14(18)19-5/h6-9H2,1-5H3/b16-10-. The van der Waals surface area contributed by atoms with Gasteiger partial charge in [0.25, 0.3) is 0 Å². The Bertz CT molecular complexity index is 460. The van der Waals surface area contributed by atoms with Crippen molar-refractivity contribution < 1.29 is 19.2 Å². The van der Waals surface area contributed by atoms with Crippen LogP contribution in [-0.2, 0) is 19.2 Å². The van der Waals surface area contributed by atoms with Crippen molar-refractivity contribution in [1.82, 2.24) is 0 Å². The number of carbonyl (C=O) groups excluding carboxylic acids is 2. The molecule has 0 saturated heterocycles. The van der Waals surface area contributed by atoms with Crippen molar-refractivity contribution in [3.05, 3.63) is 11.1 Å². The third kappa shape index (κ3) is 3.26. The van der Waals surface area contributed by atoms with Gasteiger partial charge in [-0.15, -0.1) is 0 Å². The van der Waals surface area contributed by atoms with E-state index in [9.17, 15) is 9.59 Å². The number of ether oxygens (including phenoxy) is 1. The minimum Gasteiger partial charge on any atom is -0.466 e. The number of allylic oxidation sites excluding steroid dienone is 1. The van der Waals surface area contributed by atoms with Crippen LogP contribution in [0.2, 0.25) is 0 Å². The number of hydrogen-bond donors (Lipinski definition) is 0. The first-order chi connectivity index (χ1) is 9.38. The number of carbonyl (C=O) groups is 2. The maximum Gasteiger partial charge on any atom is 0.335 e. The van der Waals surface area contributed by atoms with Crippen LogP contribution in [0.15, 0.2) is 16.3 Å². The van der Waals surface area contributed by atoms with E-state index < -0.39 is 11.4 Å². The minimum atomic E-state index is -0.470. The van der Waals surface area contributed by atoms with Crippen LogP contribution in [0, 0.1) is 5.41 Å². The van der Waals surface area contributed by atoms with E-state index in [-0.39, 0.29) is 5.78 Å². The maximum absolute atomic E-state index is 12.3. The summed E-state index contributed by atoms with van der Waals surface area (Å²) in [5.41, 5.74) is 0.881. The van der Waals surface area contributed by atoms with E-state index in [4.69, 9.17) is 9.57 Å². The van der Waals surface area contributed by atoms with E-state index in [2.05, 4.69) is 5.16 Å². The normalized spacial score (nSPS) is 19.4. The molecule has 1 aliphatic carbocycles. The highest BCUT2D eigenvalue weighted by Gasteiger charge is 2.44. The zero-order valence-electron chi connectivity index (χ0n) is 12.9. The zero-order valence-corrected chi connectivity index (χ0v) is 12.9. The molecule has 0 bridgehead atoms.